The summed E-state index contributed by atoms with van der Waals surface area (Å²) >= 11 is 7.42. The zero-order chi connectivity index (χ0) is 21.5. The Morgan fingerprint density at radius 2 is 2.13 bits per heavy atom. The van der Waals surface area contributed by atoms with Crippen LogP contribution in [0.15, 0.2) is 30.3 Å². The number of fused-ring (bicyclic) bond motifs is 2. The number of aryl methyl sites for hydroxylation is 1. The number of carbonyl (C=O) groups excluding carboxylic acids is 1. The van der Waals surface area contributed by atoms with Crippen LogP contribution in [-0.2, 0) is 19.3 Å². The molecule has 2 heterocycles. The minimum absolute atomic E-state index is 0.136. The van der Waals surface area contributed by atoms with Gasteiger partial charge < -0.3 is 11.1 Å². The van der Waals surface area contributed by atoms with Gasteiger partial charge in [-0.05, 0) is 66.3 Å². The number of rotatable bonds is 4. The fraction of sp³-hybridized carbons (Fsp3) is 0.417. The Morgan fingerprint density at radius 3 is 2.87 bits per heavy atom. The maximum absolute atomic E-state index is 12.8. The summed E-state index contributed by atoms with van der Waals surface area (Å²) in [5.41, 5.74) is 10.8. The van der Waals surface area contributed by atoms with Crippen molar-refractivity contribution in [3.05, 3.63) is 57.1 Å². The molecular formula is C24H28ClN3OS. The van der Waals surface area contributed by atoms with Crippen LogP contribution in [0.3, 0.4) is 0 Å². The number of nitrogens with zero attached hydrogens (tertiary/aromatic N) is 1. The molecule has 30 heavy (non-hydrogen) atoms. The van der Waals surface area contributed by atoms with Gasteiger partial charge in [-0.3, -0.25) is 4.79 Å². The lowest BCUT2D eigenvalue weighted by Crippen LogP contribution is -2.27. The minimum atomic E-state index is -0.136. The molecule has 1 aromatic carbocycles. The predicted molar refractivity (Wildman–Crippen MR) is 126 cm³/mol. The average Bonchev–Trinajstić information content (AvgIpc) is 3.01. The third-order valence-corrected chi connectivity index (χ3v) is 7.45. The molecule has 3 N–H and O–H groups in total. The summed E-state index contributed by atoms with van der Waals surface area (Å²) in [6.07, 6.45) is 3.90. The Kier molecular flexibility index (Phi) is 5.78. The molecule has 0 bridgehead atoms. The van der Waals surface area contributed by atoms with E-state index < -0.39 is 0 Å². The standard InChI is InChI=1S/C24H28ClN3OS/c1-24(2,3)16-7-8-19-15(12-16)13-18-20(26)21(30-23(18)28-19)22(29)27-10-9-14-5-4-6-17(25)11-14/h4-6,11,13,16H,7-10,12,26H2,1-3H3,(H,27,29). The van der Waals surface area contributed by atoms with Gasteiger partial charge in [0.05, 0.1) is 5.69 Å². The number of anilines is 1. The van der Waals surface area contributed by atoms with E-state index in [2.05, 4.69) is 32.2 Å². The molecular weight excluding hydrogens is 414 g/mol. The number of benzene rings is 1. The molecule has 0 spiro atoms. The van der Waals surface area contributed by atoms with Crippen molar-refractivity contribution < 1.29 is 4.79 Å². The molecule has 3 aromatic rings. The number of aromatic nitrogens is 1. The van der Waals surface area contributed by atoms with Crippen molar-refractivity contribution in [1.29, 1.82) is 0 Å². The molecule has 0 radical (unpaired) electrons. The first-order valence-electron chi connectivity index (χ1n) is 10.5. The maximum Gasteiger partial charge on any atom is 0.263 e. The third kappa shape index (κ3) is 4.33. The number of hydrogen-bond acceptors (Lipinski definition) is 4. The van der Waals surface area contributed by atoms with Gasteiger partial charge in [-0.1, -0.05) is 44.5 Å². The number of nitrogens with one attached hydrogen (secondary N) is 1. The number of pyridine rings is 1. The molecule has 0 fully saturated rings. The summed E-state index contributed by atoms with van der Waals surface area (Å²) in [6, 6.07) is 9.86. The maximum atomic E-state index is 12.8. The van der Waals surface area contributed by atoms with Crippen molar-refractivity contribution >= 4 is 44.7 Å². The minimum Gasteiger partial charge on any atom is -0.397 e. The van der Waals surface area contributed by atoms with Gasteiger partial charge in [-0.15, -0.1) is 11.3 Å². The number of nitrogens with two attached hydrogens (primary N) is 1. The predicted octanol–water partition coefficient (Wildman–Crippen LogP) is 5.66. The average molecular weight is 442 g/mol. The number of thiophene rings is 1. The molecule has 1 aliphatic carbocycles. The highest BCUT2D eigenvalue weighted by atomic mass is 35.5. The van der Waals surface area contributed by atoms with Crippen LogP contribution in [0, 0.1) is 11.3 Å². The Hall–Kier alpha value is -2.11. The first-order valence-corrected chi connectivity index (χ1v) is 11.6. The highest BCUT2D eigenvalue weighted by Crippen LogP contribution is 2.40. The molecule has 6 heteroatoms. The Morgan fingerprint density at radius 1 is 1.33 bits per heavy atom. The van der Waals surface area contributed by atoms with E-state index in [0.717, 1.165) is 47.2 Å². The van der Waals surface area contributed by atoms with Crippen LogP contribution in [0.2, 0.25) is 5.02 Å². The Bertz CT molecular complexity index is 1100. The van der Waals surface area contributed by atoms with Crippen LogP contribution >= 0.6 is 22.9 Å². The van der Waals surface area contributed by atoms with Crippen LogP contribution in [0.5, 0.6) is 0 Å². The number of nitrogen functional groups attached to an aromatic ring is 1. The highest BCUT2D eigenvalue weighted by Gasteiger charge is 2.30. The molecule has 1 atom stereocenters. The van der Waals surface area contributed by atoms with Gasteiger partial charge in [0.15, 0.2) is 0 Å². The van der Waals surface area contributed by atoms with Crippen molar-refractivity contribution in [2.45, 2.75) is 46.5 Å². The zero-order valence-corrected chi connectivity index (χ0v) is 19.3. The van der Waals surface area contributed by atoms with Crippen molar-refractivity contribution in [3.63, 3.8) is 0 Å². The van der Waals surface area contributed by atoms with Crippen molar-refractivity contribution in [3.8, 4) is 0 Å². The number of carbonyl (C=O) groups is 1. The lowest BCUT2D eigenvalue weighted by molar-refractivity contribution is 0.0959. The van der Waals surface area contributed by atoms with Crippen LogP contribution in [0.25, 0.3) is 10.2 Å². The summed E-state index contributed by atoms with van der Waals surface area (Å²) < 4.78 is 0. The van der Waals surface area contributed by atoms with E-state index in [4.69, 9.17) is 22.3 Å². The lowest BCUT2D eigenvalue weighted by atomic mass is 9.71. The summed E-state index contributed by atoms with van der Waals surface area (Å²) in [7, 11) is 0. The van der Waals surface area contributed by atoms with Gasteiger partial charge in [-0.25, -0.2) is 4.98 Å². The van der Waals surface area contributed by atoms with E-state index >= 15 is 0 Å². The summed E-state index contributed by atoms with van der Waals surface area (Å²) in [6.45, 7) is 7.45. The fourth-order valence-electron chi connectivity index (χ4n) is 4.19. The van der Waals surface area contributed by atoms with Gasteiger partial charge in [0.1, 0.15) is 9.71 Å². The molecule has 2 aromatic heterocycles. The molecule has 1 unspecified atom stereocenters. The Balaban J connectivity index is 1.51. The SMILES string of the molecule is CC(C)(C)C1CCc2nc3sc(C(=O)NCCc4cccc(Cl)c4)c(N)c3cc2C1. The first-order chi connectivity index (χ1) is 14.2. The number of halogens is 1. The molecule has 1 amide bonds. The second-order valence-electron chi connectivity index (χ2n) is 9.23. The molecule has 0 saturated carbocycles. The van der Waals surface area contributed by atoms with Crippen molar-refractivity contribution in [2.24, 2.45) is 11.3 Å². The van der Waals surface area contributed by atoms with E-state index in [9.17, 15) is 4.79 Å². The molecule has 158 valence electrons. The van der Waals surface area contributed by atoms with Crippen molar-refractivity contribution in [2.75, 3.05) is 12.3 Å². The van der Waals surface area contributed by atoms with Crippen LogP contribution < -0.4 is 11.1 Å². The van der Waals surface area contributed by atoms with E-state index in [1.807, 2.05) is 24.3 Å². The van der Waals surface area contributed by atoms with E-state index in [1.165, 1.54) is 16.9 Å². The van der Waals surface area contributed by atoms with Gasteiger partial charge in [0.25, 0.3) is 5.91 Å². The molecule has 0 aliphatic heterocycles. The normalized spacial score (nSPS) is 16.5. The number of amides is 1. The molecule has 4 nitrogen and oxygen atoms in total. The van der Waals surface area contributed by atoms with Gasteiger partial charge in [0.2, 0.25) is 0 Å². The second kappa shape index (κ2) is 8.20. The molecule has 4 rings (SSSR count). The van der Waals surface area contributed by atoms with Crippen LogP contribution in [-0.4, -0.2) is 17.4 Å². The Labute approximate surface area is 186 Å². The smallest absolute Gasteiger partial charge is 0.263 e. The number of hydrogen-bond donors (Lipinski definition) is 2. The largest absolute Gasteiger partial charge is 0.397 e. The van der Waals surface area contributed by atoms with Gasteiger partial charge in [-0.2, -0.15) is 0 Å². The van der Waals surface area contributed by atoms with Crippen LogP contribution in [0.1, 0.15) is 53.7 Å². The summed E-state index contributed by atoms with van der Waals surface area (Å²) in [5.74, 6) is 0.501. The van der Waals surface area contributed by atoms with Crippen molar-refractivity contribution in [1.82, 2.24) is 10.3 Å². The molecule has 1 aliphatic rings. The summed E-state index contributed by atoms with van der Waals surface area (Å²) in [4.78, 5) is 19.1. The van der Waals surface area contributed by atoms with Gasteiger partial charge >= 0.3 is 0 Å². The van der Waals surface area contributed by atoms with E-state index in [1.54, 1.807) is 0 Å². The molecule has 0 saturated heterocycles. The summed E-state index contributed by atoms with van der Waals surface area (Å²) in [5, 5.41) is 4.60. The van der Waals surface area contributed by atoms with Gasteiger partial charge in [0, 0.05) is 22.6 Å². The van der Waals surface area contributed by atoms with Crippen LogP contribution in [0.4, 0.5) is 5.69 Å². The van der Waals surface area contributed by atoms with E-state index in [-0.39, 0.29) is 11.3 Å². The fourth-order valence-corrected chi connectivity index (χ4v) is 5.42. The third-order valence-electron chi connectivity index (χ3n) is 6.10. The monoisotopic (exact) mass is 441 g/mol. The second-order valence-corrected chi connectivity index (χ2v) is 10.7. The topological polar surface area (TPSA) is 68.0 Å². The van der Waals surface area contributed by atoms with E-state index in [0.29, 0.717) is 28.0 Å². The zero-order valence-electron chi connectivity index (χ0n) is 17.7. The lowest BCUT2D eigenvalue weighted by Gasteiger charge is -2.34. The highest BCUT2D eigenvalue weighted by molar-refractivity contribution is 7.21. The first kappa shape index (κ1) is 21.1. The quantitative estimate of drug-likeness (QED) is 0.549.